The van der Waals surface area contributed by atoms with Gasteiger partial charge < -0.3 is 15.2 Å². The van der Waals surface area contributed by atoms with Gasteiger partial charge in [-0.15, -0.1) is 37.2 Å². The minimum atomic E-state index is -0.184. The maximum Gasteiger partial charge on any atom is 0.127 e. The average Bonchev–Trinajstić information content (AvgIpc) is 3.10. The summed E-state index contributed by atoms with van der Waals surface area (Å²) in [6.45, 7) is 14.9. The number of halogens is 3. The summed E-state index contributed by atoms with van der Waals surface area (Å²) in [4.78, 5) is 5.08. The quantitative estimate of drug-likeness (QED) is 0.566. The molecule has 5 nitrogen and oxygen atoms in total. The topological polar surface area (TPSA) is 51.0 Å². The lowest BCUT2D eigenvalue weighted by Crippen LogP contribution is -2.52. The molecule has 4 rings (SSSR count). The van der Waals surface area contributed by atoms with Gasteiger partial charge in [-0.25, -0.2) is 0 Å². The summed E-state index contributed by atoms with van der Waals surface area (Å²) in [5.74, 6) is 1.98. The van der Waals surface area contributed by atoms with Crippen molar-refractivity contribution in [1.82, 2.24) is 9.80 Å². The van der Waals surface area contributed by atoms with Gasteiger partial charge in [-0.3, -0.25) is 9.80 Å². The van der Waals surface area contributed by atoms with Crippen molar-refractivity contribution in [1.29, 1.82) is 0 Å². The van der Waals surface area contributed by atoms with Crippen LogP contribution in [0.4, 0.5) is 5.69 Å². The zero-order valence-electron chi connectivity index (χ0n) is 20.3. The zero-order chi connectivity index (χ0) is 21.5. The van der Waals surface area contributed by atoms with Crippen molar-refractivity contribution in [3.63, 3.8) is 0 Å². The van der Waals surface area contributed by atoms with E-state index in [1.165, 1.54) is 22.3 Å². The first-order valence-corrected chi connectivity index (χ1v) is 10.9. The smallest absolute Gasteiger partial charge is 0.127 e. The Morgan fingerprint density at radius 1 is 0.909 bits per heavy atom. The number of hydrogen-bond donors (Lipinski definition) is 1. The van der Waals surface area contributed by atoms with Crippen LogP contribution in [0, 0.1) is 20.8 Å². The first-order valence-electron chi connectivity index (χ1n) is 10.9. The van der Waals surface area contributed by atoms with Gasteiger partial charge in [-0.05, 0) is 62.1 Å². The maximum atomic E-state index is 6.57. The van der Waals surface area contributed by atoms with Gasteiger partial charge in [-0.2, -0.15) is 0 Å². The van der Waals surface area contributed by atoms with Crippen LogP contribution in [0.15, 0.2) is 24.3 Å². The third-order valence-electron chi connectivity index (χ3n) is 6.93. The van der Waals surface area contributed by atoms with Gasteiger partial charge in [0.05, 0.1) is 7.11 Å². The van der Waals surface area contributed by atoms with E-state index in [9.17, 15) is 0 Å². The molecule has 1 atom stereocenters. The first-order chi connectivity index (χ1) is 14.3. The molecule has 2 aromatic rings. The normalized spacial score (nSPS) is 20.0. The predicted molar refractivity (Wildman–Crippen MR) is 144 cm³/mol. The number of ether oxygens (including phenoxy) is 2. The highest BCUT2D eigenvalue weighted by molar-refractivity contribution is 5.86. The average molecular weight is 519 g/mol. The molecule has 0 aliphatic carbocycles. The van der Waals surface area contributed by atoms with Crippen LogP contribution in [-0.4, -0.2) is 55.2 Å². The van der Waals surface area contributed by atoms with E-state index >= 15 is 0 Å². The van der Waals surface area contributed by atoms with E-state index in [-0.39, 0.29) is 42.8 Å². The van der Waals surface area contributed by atoms with E-state index in [1.807, 2.05) is 12.1 Å². The van der Waals surface area contributed by atoms with E-state index in [0.29, 0.717) is 0 Å². The number of hydrogen-bond acceptors (Lipinski definition) is 5. The lowest BCUT2D eigenvalue weighted by molar-refractivity contribution is 0.0364. The Labute approximate surface area is 217 Å². The van der Waals surface area contributed by atoms with Gasteiger partial charge >= 0.3 is 0 Å². The summed E-state index contributed by atoms with van der Waals surface area (Å²) in [6, 6.07) is 8.41. The van der Waals surface area contributed by atoms with Crippen molar-refractivity contribution in [2.75, 3.05) is 45.6 Å². The van der Waals surface area contributed by atoms with Crippen molar-refractivity contribution in [2.24, 2.45) is 0 Å². The summed E-state index contributed by atoms with van der Waals surface area (Å²) in [5.41, 5.74) is 13.3. The van der Waals surface area contributed by atoms with Crippen molar-refractivity contribution in [3.8, 4) is 11.5 Å². The number of fused-ring (bicyclic) bond motifs is 1. The van der Waals surface area contributed by atoms with Crippen LogP contribution in [0.2, 0.25) is 0 Å². The summed E-state index contributed by atoms with van der Waals surface area (Å²) in [6.07, 6.45) is 0.936. The Morgan fingerprint density at radius 2 is 1.48 bits per heavy atom. The van der Waals surface area contributed by atoms with Gasteiger partial charge in [0.1, 0.15) is 17.1 Å². The molecule has 2 N–H and O–H groups in total. The Bertz CT molecular complexity index is 893. The van der Waals surface area contributed by atoms with E-state index < -0.39 is 0 Å². The molecule has 2 aliphatic rings. The lowest BCUT2D eigenvalue weighted by atomic mass is 9.91. The second kappa shape index (κ2) is 11.9. The number of benzene rings is 2. The molecule has 0 aromatic heterocycles. The Balaban J connectivity index is 0.00000181. The minimum Gasteiger partial charge on any atom is -0.497 e. The molecule has 0 spiro atoms. The van der Waals surface area contributed by atoms with Crippen LogP contribution < -0.4 is 15.2 Å². The molecule has 0 bridgehead atoms. The Morgan fingerprint density at radius 3 is 2.06 bits per heavy atom. The standard InChI is InChI=1S/C25H35N3O2.3ClH/c1-17-18(2)24-22(19(3)23(17)26)14-25(4,30-24)16-28-12-10-27(11-13-28)15-20-6-8-21(29-5)9-7-20;;;/h6-9H,10-16,26H2,1-5H3;3*1H. The number of nitrogens with two attached hydrogens (primary N) is 1. The summed E-state index contributed by atoms with van der Waals surface area (Å²) in [7, 11) is 1.71. The predicted octanol–water partition coefficient (Wildman–Crippen LogP) is 4.98. The fourth-order valence-electron chi connectivity index (χ4n) is 4.88. The van der Waals surface area contributed by atoms with Gasteiger partial charge in [0.25, 0.3) is 0 Å². The van der Waals surface area contributed by atoms with E-state index in [2.05, 4.69) is 49.6 Å². The highest BCUT2D eigenvalue weighted by Crippen LogP contribution is 2.43. The number of nitrogen functional groups attached to an aromatic ring is 1. The minimum absolute atomic E-state index is 0. The molecule has 2 aliphatic heterocycles. The largest absolute Gasteiger partial charge is 0.497 e. The molecule has 186 valence electrons. The summed E-state index contributed by atoms with van der Waals surface area (Å²) >= 11 is 0. The highest BCUT2D eigenvalue weighted by atomic mass is 35.5. The second-order valence-electron chi connectivity index (χ2n) is 9.23. The monoisotopic (exact) mass is 517 g/mol. The third-order valence-corrected chi connectivity index (χ3v) is 6.93. The van der Waals surface area contributed by atoms with Crippen LogP contribution in [0.3, 0.4) is 0 Å². The summed E-state index contributed by atoms with van der Waals surface area (Å²) in [5, 5.41) is 0. The molecular formula is C25H38Cl3N3O2. The van der Waals surface area contributed by atoms with Crippen LogP contribution in [0.25, 0.3) is 0 Å². The van der Waals surface area contributed by atoms with Crippen LogP contribution in [0.5, 0.6) is 11.5 Å². The van der Waals surface area contributed by atoms with E-state index in [4.69, 9.17) is 15.2 Å². The molecule has 8 heteroatoms. The number of anilines is 1. The molecule has 1 unspecified atom stereocenters. The van der Waals surface area contributed by atoms with Gasteiger partial charge in [0, 0.05) is 56.9 Å². The van der Waals surface area contributed by atoms with E-state index in [1.54, 1.807) is 7.11 Å². The second-order valence-corrected chi connectivity index (χ2v) is 9.23. The Hall–Kier alpha value is -1.37. The fraction of sp³-hybridized carbons (Fsp3) is 0.520. The number of rotatable bonds is 5. The number of piperazine rings is 1. The molecule has 0 amide bonds. The van der Waals surface area contributed by atoms with Crippen molar-refractivity contribution in [2.45, 2.75) is 46.3 Å². The number of nitrogens with zero attached hydrogens (tertiary/aromatic N) is 2. The fourth-order valence-corrected chi connectivity index (χ4v) is 4.88. The molecule has 1 fully saturated rings. The highest BCUT2D eigenvalue weighted by Gasteiger charge is 2.39. The van der Waals surface area contributed by atoms with Crippen molar-refractivity contribution >= 4 is 42.9 Å². The zero-order valence-corrected chi connectivity index (χ0v) is 22.7. The molecule has 2 heterocycles. The van der Waals surface area contributed by atoms with Crippen molar-refractivity contribution in [3.05, 3.63) is 52.1 Å². The Kier molecular flexibility index (Phi) is 10.7. The molecule has 0 radical (unpaired) electrons. The number of methoxy groups -OCH3 is 1. The van der Waals surface area contributed by atoms with Crippen LogP contribution in [0.1, 0.15) is 34.7 Å². The maximum absolute atomic E-state index is 6.57. The van der Waals surface area contributed by atoms with E-state index in [0.717, 1.165) is 68.4 Å². The molecule has 0 saturated carbocycles. The van der Waals surface area contributed by atoms with Gasteiger partial charge in [0.2, 0.25) is 0 Å². The molecular weight excluding hydrogens is 481 g/mol. The molecule has 2 aromatic carbocycles. The van der Waals surface area contributed by atoms with Crippen molar-refractivity contribution < 1.29 is 9.47 Å². The van der Waals surface area contributed by atoms with Crippen LogP contribution >= 0.6 is 37.2 Å². The van der Waals surface area contributed by atoms with Gasteiger partial charge in [-0.1, -0.05) is 12.1 Å². The summed E-state index contributed by atoms with van der Waals surface area (Å²) < 4.78 is 11.8. The van der Waals surface area contributed by atoms with Crippen LogP contribution in [-0.2, 0) is 13.0 Å². The SMILES string of the molecule is COc1ccc(CN2CCN(CC3(C)Cc4c(C)c(N)c(C)c(C)c4O3)CC2)cc1.Cl.Cl.Cl. The van der Waals surface area contributed by atoms with Gasteiger partial charge in [0.15, 0.2) is 0 Å². The lowest BCUT2D eigenvalue weighted by Gasteiger charge is -2.38. The first kappa shape index (κ1) is 29.7. The molecule has 33 heavy (non-hydrogen) atoms. The molecule has 1 saturated heterocycles. The third kappa shape index (κ3) is 6.20.